The molecule has 8 aromatic carbocycles. The Morgan fingerprint density at radius 3 is 1.61 bits per heavy atom. The molecule has 2 heterocycles. The number of rotatable bonds is 4. The van der Waals surface area contributed by atoms with E-state index in [2.05, 4.69) is 220 Å². The molecule has 0 bridgehead atoms. The van der Waals surface area contributed by atoms with Crippen molar-refractivity contribution in [2.24, 2.45) is 0 Å². The first-order valence-electron chi connectivity index (χ1n) is 20.2. The maximum absolute atomic E-state index is 2.47. The predicted octanol–water partition coefficient (Wildman–Crippen LogP) is 14.8. The molecule has 2 aliphatic heterocycles. The highest BCUT2D eigenvalue weighted by Crippen LogP contribution is 2.54. The summed E-state index contributed by atoms with van der Waals surface area (Å²) in [7, 11) is 0. The minimum absolute atomic E-state index is 0.0952. The average molecular weight is 733 g/mol. The molecular weight excluding hydrogens is 689 g/mol. The van der Waals surface area contributed by atoms with Gasteiger partial charge in [0.05, 0.1) is 17.1 Å². The topological polar surface area (TPSA) is 6.48 Å². The average Bonchev–Trinajstić information content (AvgIpc) is 3.46. The van der Waals surface area contributed by atoms with Gasteiger partial charge in [0.1, 0.15) is 0 Å². The van der Waals surface area contributed by atoms with Gasteiger partial charge in [0.2, 0.25) is 0 Å². The first-order valence-corrected chi connectivity index (χ1v) is 20.2. The molecule has 2 nitrogen and oxygen atoms in total. The van der Waals surface area contributed by atoms with Gasteiger partial charge in [-0.05, 0) is 103 Å². The summed E-state index contributed by atoms with van der Waals surface area (Å²) in [6, 6.07) is 63.1. The summed E-state index contributed by atoms with van der Waals surface area (Å²) in [4.78, 5) is 4.93. The molecule has 11 rings (SSSR count). The van der Waals surface area contributed by atoms with Crippen molar-refractivity contribution in [3.8, 4) is 11.1 Å². The Balaban J connectivity index is 0.952. The molecule has 0 atom stereocenters. The second-order valence-corrected chi connectivity index (χ2v) is 17.0. The summed E-state index contributed by atoms with van der Waals surface area (Å²) in [6.07, 6.45) is 5.55. The summed E-state index contributed by atoms with van der Waals surface area (Å²) >= 11 is 0. The molecule has 274 valence electrons. The van der Waals surface area contributed by atoms with Crippen LogP contribution in [0.5, 0.6) is 0 Å². The second kappa shape index (κ2) is 12.4. The standard InChI is InChI=1S/C55H44N2/c1-54(2)45-20-7-11-24-52(45)57(53-25-12-8-21-46(53)54)51-26-14-18-41-37(17-13-19-44(41)51)29-27-36-28-31-42-43-32-30-40(35-48(43)55(3,4)47(42)33-36)56-49-22-9-5-15-38(49)34-39-16-6-10-23-50(39)56/h5-33,35H,34H2,1-4H3/b29-27+. The van der Waals surface area contributed by atoms with Gasteiger partial charge in [-0.15, -0.1) is 0 Å². The lowest BCUT2D eigenvalue weighted by Gasteiger charge is -2.42. The van der Waals surface area contributed by atoms with Crippen molar-refractivity contribution in [1.82, 2.24) is 0 Å². The fourth-order valence-electron chi connectivity index (χ4n) is 10.1. The fraction of sp³-hybridized carbons (Fsp3) is 0.127. The van der Waals surface area contributed by atoms with Crippen molar-refractivity contribution >= 4 is 57.0 Å². The van der Waals surface area contributed by atoms with Crippen LogP contribution in [-0.4, -0.2) is 0 Å². The Labute approximate surface area is 336 Å². The minimum atomic E-state index is -0.150. The van der Waals surface area contributed by atoms with Crippen LogP contribution >= 0.6 is 0 Å². The molecule has 0 saturated heterocycles. The van der Waals surface area contributed by atoms with E-state index in [1.807, 2.05) is 0 Å². The van der Waals surface area contributed by atoms with Crippen LogP contribution in [0, 0.1) is 0 Å². The molecule has 8 aromatic rings. The summed E-state index contributed by atoms with van der Waals surface area (Å²) < 4.78 is 0. The first kappa shape index (κ1) is 33.7. The molecule has 0 fully saturated rings. The van der Waals surface area contributed by atoms with E-state index in [4.69, 9.17) is 0 Å². The first-order chi connectivity index (χ1) is 27.8. The van der Waals surface area contributed by atoms with Crippen molar-refractivity contribution in [3.63, 3.8) is 0 Å². The van der Waals surface area contributed by atoms with E-state index in [1.165, 1.54) is 101 Å². The molecule has 3 aliphatic rings. The fourth-order valence-corrected chi connectivity index (χ4v) is 10.1. The van der Waals surface area contributed by atoms with E-state index in [9.17, 15) is 0 Å². The number of nitrogens with zero attached hydrogens (tertiary/aromatic N) is 2. The van der Waals surface area contributed by atoms with Crippen molar-refractivity contribution in [3.05, 3.63) is 214 Å². The third kappa shape index (κ3) is 5.03. The summed E-state index contributed by atoms with van der Waals surface area (Å²) in [5, 5.41) is 2.48. The summed E-state index contributed by atoms with van der Waals surface area (Å²) in [5.41, 5.74) is 20.5. The second-order valence-electron chi connectivity index (χ2n) is 17.0. The van der Waals surface area contributed by atoms with Crippen LogP contribution in [-0.2, 0) is 17.3 Å². The van der Waals surface area contributed by atoms with E-state index in [-0.39, 0.29) is 10.8 Å². The highest BCUT2D eigenvalue weighted by Gasteiger charge is 2.38. The third-order valence-electron chi connectivity index (χ3n) is 13.1. The van der Waals surface area contributed by atoms with Crippen LogP contribution in [0.3, 0.4) is 0 Å². The normalized spacial score (nSPS) is 15.4. The van der Waals surface area contributed by atoms with Crippen molar-refractivity contribution < 1.29 is 0 Å². The monoisotopic (exact) mass is 732 g/mol. The van der Waals surface area contributed by atoms with Gasteiger partial charge in [0.25, 0.3) is 0 Å². The molecule has 0 unspecified atom stereocenters. The number of hydrogen-bond donors (Lipinski definition) is 0. The SMILES string of the molecule is CC1(C)c2cc(/C=C/c3cccc4c(N5c6ccccc6C(C)(C)c6ccccc65)cccc34)ccc2-c2ccc(N3c4ccccc4Cc4ccccc43)cc21. The Kier molecular flexibility index (Phi) is 7.35. The number of fused-ring (bicyclic) bond motifs is 8. The van der Waals surface area contributed by atoms with Crippen molar-refractivity contribution in [1.29, 1.82) is 0 Å². The molecule has 57 heavy (non-hydrogen) atoms. The van der Waals surface area contributed by atoms with Gasteiger partial charge in [-0.25, -0.2) is 0 Å². The van der Waals surface area contributed by atoms with Crippen LogP contribution in [0.15, 0.2) is 170 Å². The van der Waals surface area contributed by atoms with Gasteiger partial charge in [-0.2, -0.15) is 0 Å². The summed E-state index contributed by atoms with van der Waals surface area (Å²) in [6.45, 7) is 9.46. The van der Waals surface area contributed by atoms with Crippen molar-refractivity contribution in [2.75, 3.05) is 9.80 Å². The number of hydrogen-bond acceptors (Lipinski definition) is 2. The van der Waals surface area contributed by atoms with Crippen LogP contribution in [0.1, 0.15) is 72.2 Å². The molecule has 0 saturated carbocycles. The van der Waals surface area contributed by atoms with E-state index in [0.29, 0.717) is 0 Å². The quantitative estimate of drug-likeness (QED) is 0.166. The van der Waals surface area contributed by atoms with Gasteiger partial charge in [-0.1, -0.05) is 167 Å². The van der Waals surface area contributed by atoms with Crippen LogP contribution in [0.25, 0.3) is 34.1 Å². The zero-order valence-electron chi connectivity index (χ0n) is 32.9. The number of benzene rings is 8. The van der Waals surface area contributed by atoms with E-state index in [1.54, 1.807) is 0 Å². The Morgan fingerprint density at radius 2 is 0.930 bits per heavy atom. The Hall–Kier alpha value is -6.64. The van der Waals surface area contributed by atoms with Gasteiger partial charge in [0.15, 0.2) is 0 Å². The van der Waals surface area contributed by atoms with Crippen LogP contribution in [0.2, 0.25) is 0 Å². The molecule has 0 aromatic heterocycles. The molecular formula is C55H44N2. The maximum Gasteiger partial charge on any atom is 0.0540 e. The van der Waals surface area contributed by atoms with Gasteiger partial charge < -0.3 is 9.80 Å². The summed E-state index contributed by atoms with van der Waals surface area (Å²) in [5.74, 6) is 0. The number of para-hydroxylation sites is 4. The van der Waals surface area contributed by atoms with Crippen LogP contribution in [0.4, 0.5) is 34.1 Å². The van der Waals surface area contributed by atoms with Crippen molar-refractivity contribution in [2.45, 2.75) is 44.9 Å². The van der Waals surface area contributed by atoms with Gasteiger partial charge in [0, 0.05) is 39.7 Å². The minimum Gasteiger partial charge on any atom is -0.310 e. The smallest absolute Gasteiger partial charge is 0.0540 e. The highest BCUT2D eigenvalue weighted by molar-refractivity contribution is 6.04. The largest absolute Gasteiger partial charge is 0.310 e. The Morgan fingerprint density at radius 1 is 0.404 bits per heavy atom. The lowest BCUT2D eigenvalue weighted by Crippen LogP contribution is -2.30. The van der Waals surface area contributed by atoms with E-state index >= 15 is 0 Å². The third-order valence-corrected chi connectivity index (χ3v) is 13.1. The molecule has 0 radical (unpaired) electrons. The lowest BCUT2D eigenvalue weighted by molar-refractivity contribution is 0.632. The molecule has 0 N–H and O–H groups in total. The van der Waals surface area contributed by atoms with Gasteiger partial charge in [-0.3, -0.25) is 0 Å². The Bertz CT molecular complexity index is 2870. The number of anilines is 6. The zero-order valence-corrected chi connectivity index (χ0v) is 32.9. The molecule has 0 amide bonds. The molecule has 0 spiro atoms. The molecule has 2 heteroatoms. The lowest BCUT2D eigenvalue weighted by atomic mass is 9.73. The zero-order chi connectivity index (χ0) is 38.5. The van der Waals surface area contributed by atoms with Gasteiger partial charge >= 0.3 is 0 Å². The van der Waals surface area contributed by atoms with Crippen LogP contribution < -0.4 is 9.80 Å². The predicted molar refractivity (Wildman–Crippen MR) is 241 cm³/mol. The van der Waals surface area contributed by atoms with E-state index < -0.39 is 0 Å². The maximum atomic E-state index is 2.47. The highest BCUT2D eigenvalue weighted by atomic mass is 15.2. The van der Waals surface area contributed by atoms with E-state index in [0.717, 1.165) is 6.42 Å². The molecule has 1 aliphatic carbocycles.